The molecule has 1 aliphatic rings. The minimum atomic E-state index is 0.514. The molecule has 2 unspecified atom stereocenters. The van der Waals surface area contributed by atoms with E-state index in [0.29, 0.717) is 17.1 Å². The zero-order valence-corrected chi connectivity index (χ0v) is 13.1. The van der Waals surface area contributed by atoms with Crippen LogP contribution in [0.2, 0.25) is 5.02 Å². The third-order valence-electron chi connectivity index (χ3n) is 3.98. The molecular formula is C15H20ClN5. The van der Waals surface area contributed by atoms with Crippen molar-refractivity contribution in [1.29, 1.82) is 0 Å². The van der Waals surface area contributed by atoms with Gasteiger partial charge in [0.1, 0.15) is 12.7 Å². The lowest BCUT2D eigenvalue weighted by Gasteiger charge is -2.37. The number of hydrogen-bond donors (Lipinski definition) is 1. The van der Waals surface area contributed by atoms with E-state index in [1.54, 1.807) is 17.3 Å². The van der Waals surface area contributed by atoms with Crippen LogP contribution in [0.25, 0.3) is 5.69 Å². The molecule has 2 aromatic rings. The van der Waals surface area contributed by atoms with Gasteiger partial charge < -0.3 is 5.32 Å². The molecule has 1 N–H and O–H groups in total. The smallest absolute Gasteiger partial charge is 0.138 e. The summed E-state index contributed by atoms with van der Waals surface area (Å²) in [6.07, 6.45) is 3.25. The fraction of sp³-hybridized carbons (Fsp3) is 0.467. The number of aromatic nitrogens is 3. The molecule has 0 spiro atoms. The van der Waals surface area contributed by atoms with E-state index in [9.17, 15) is 0 Å². The van der Waals surface area contributed by atoms with Crippen molar-refractivity contribution in [2.24, 2.45) is 0 Å². The van der Waals surface area contributed by atoms with Crippen molar-refractivity contribution in [3.05, 3.63) is 41.4 Å². The summed E-state index contributed by atoms with van der Waals surface area (Å²) in [7, 11) is 0. The Hall–Kier alpha value is -1.43. The minimum Gasteiger partial charge on any atom is -0.311 e. The van der Waals surface area contributed by atoms with E-state index in [1.165, 1.54) is 5.56 Å². The summed E-state index contributed by atoms with van der Waals surface area (Å²) >= 11 is 6.14. The number of piperazine rings is 1. The molecule has 1 saturated heterocycles. The first-order chi connectivity index (χ1) is 10.1. The van der Waals surface area contributed by atoms with Crippen LogP contribution in [0.15, 0.2) is 30.9 Å². The number of rotatable bonds is 3. The van der Waals surface area contributed by atoms with Gasteiger partial charge in [-0.05, 0) is 31.5 Å². The van der Waals surface area contributed by atoms with E-state index >= 15 is 0 Å². The molecule has 0 amide bonds. The van der Waals surface area contributed by atoms with Gasteiger partial charge in [-0.25, -0.2) is 9.67 Å². The van der Waals surface area contributed by atoms with Crippen molar-refractivity contribution in [1.82, 2.24) is 25.0 Å². The molecule has 1 aliphatic heterocycles. The number of nitrogens with zero attached hydrogens (tertiary/aromatic N) is 4. The van der Waals surface area contributed by atoms with Gasteiger partial charge in [-0.2, -0.15) is 5.10 Å². The van der Waals surface area contributed by atoms with Crippen molar-refractivity contribution < 1.29 is 0 Å². The molecule has 0 radical (unpaired) electrons. The highest BCUT2D eigenvalue weighted by Gasteiger charge is 2.23. The molecule has 1 aromatic carbocycles. The van der Waals surface area contributed by atoms with Crippen molar-refractivity contribution in [3.63, 3.8) is 0 Å². The predicted octanol–water partition coefficient (Wildman–Crippen LogP) is 2.10. The van der Waals surface area contributed by atoms with Crippen LogP contribution < -0.4 is 5.32 Å². The largest absolute Gasteiger partial charge is 0.311 e. The molecule has 6 heteroatoms. The summed E-state index contributed by atoms with van der Waals surface area (Å²) in [5.41, 5.74) is 2.21. The Morgan fingerprint density at radius 1 is 1.38 bits per heavy atom. The van der Waals surface area contributed by atoms with Crippen LogP contribution in [-0.2, 0) is 6.54 Å². The molecule has 2 atom stereocenters. The summed E-state index contributed by atoms with van der Waals surface area (Å²) in [5.74, 6) is 0. The van der Waals surface area contributed by atoms with E-state index in [4.69, 9.17) is 11.6 Å². The van der Waals surface area contributed by atoms with Crippen LogP contribution in [0.3, 0.4) is 0 Å². The van der Waals surface area contributed by atoms with Crippen LogP contribution >= 0.6 is 11.6 Å². The van der Waals surface area contributed by atoms with E-state index in [-0.39, 0.29) is 0 Å². The first kappa shape index (κ1) is 14.5. The number of nitrogens with one attached hydrogen (secondary N) is 1. The first-order valence-corrected chi connectivity index (χ1v) is 7.62. The topological polar surface area (TPSA) is 46.0 Å². The number of benzene rings is 1. The molecule has 0 aliphatic carbocycles. The van der Waals surface area contributed by atoms with E-state index in [0.717, 1.165) is 25.3 Å². The zero-order valence-electron chi connectivity index (χ0n) is 12.3. The standard InChI is InChI=1S/C15H20ClN5/c1-11-7-20(12(2)6-18-11)8-13-3-4-14(16)5-15(13)21-10-17-9-19-21/h3-5,9-12,18H,6-8H2,1-2H3. The van der Waals surface area contributed by atoms with Crippen LogP contribution in [0.4, 0.5) is 0 Å². The summed E-state index contributed by atoms with van der Waals surface area (Å²) in [6, 6.07) is 7.00. The molecule has 21 heavy (non-hydrogen) atoms. The average molecular weight is 306 g/mol. The second-order valence-corrected chi connectivity index (χ2v) is 6.14. The zero-order chi connectivity index (χ0) is 14.8. The quantitative estimate of drug-likeness (QED) is 0.943. The van der Waals surface area contributed by atoms with Gasteiger partial charge in [-0.3, -0.25) is 4.90 Å². The van der Waals surface area contributed by atoms with Gasteiger partial charge in [0, 0.05) is 36.7 Å². The van der Waals surface area contributed by atoms with E-state index in [2.05, 4.69) is 40.2 Å². The van der Waals surface area contributed by atoms with Crippen LogP contribution in [-0.4, -0.2) is 44.8 Å². The Labute approximate surface area is 129 Å². The van der Waals surface area contributed by atoms with E-state index in [1.807, 2.05) is 12.1 Å². The number of hydrogen-bond acceptors (Lipinski definition) is 4. The lowest BCUT2D eigenvalue weighted by molar-refractivity contribution is 0.139. The highest BCUT2D eigenvalue weighted by Crippen LogP contribution is 2.22. The average Bonchev–Trinajstić information content (AvgIpc) is 2.99. The molecule has 1 aromatic heterocycles. The van der Waals surface area contributed by atoms with Crippen molar-refractivity contribution in [2.75, 3.05) is 13.1 Å². The molecule has 3 rings (SSSR count). The van der Waals surface area contributed by atoms with Crippen LogP contribution in [0, 0.1) is 0 Å². The SMILES string of the molecule is CC1CN(Cc2ccc(Cl)cc2-n2cncn2)C(C)CN1. The Morgan fingerprint density at radius 2 is 2.24 bits per heavy atom. The Morgan fingerprint density at radius 3 is 3.00 bits per heavy atom. The van der Waals surface area contributed by atoms with Crippen LogP contribution in [0.5, 0.6) is 0 Å². The third-order valence-corrected chi connectivity index (χ3v) is 4.21. The molecule has 5 nitrogen and oxygen atoms in total. The fourth-order valence-corrected chi connectivity index (χ4v) is 2.92. The highest BCUT2D eigenvalue weighted by molar-refractivity contribution is 6.30. The van der Waals surface area contributed by atoms with Gasteiger partial charge >= 0.3 is 0 Å². The van der Waals surface area contributed by atoms with Gasteiger partial charge in [-0.1, -0.05) is 17.7 Å². The van der Waals surface area contributed by atoms with Crippen LogP contribution in [0.1, 0.15) is 19.4 Å². The van der Waals surface area contributed by atoms with Gasteiger partial charge in [-0.15, -0.1) is 0 Å². The second-order valence-electron chi connectivity index (χ2n) is 5.70. The molecule has 1 fully saturated rings. The Balaban J connectivity index is 1.88. The van der Waals surface area contributed by atoms with Gasteiger partial charge in [0.2, 0.25) is 0 Å². The fourth-order valence-electron chi connectivity index (χ4n) is 2.75. The monoisotopic (exact) mass is 305 g/mol. The number of halogens is 1. The maximum atomic E-state index is 6.14. The molecular weight excluding hydrogens is 286 g/mol. The Kier molecular flexibility index (Phi) is 4.24. The molecule has 112 valence electrons. The molecule has 0 saturated carbocycles. The first-order valence-electron chi connectivity index (χ1n) is 7.24. The second kappa shape index (κ2) is 6.13. The molecule has 2 heterocycles. The van der Waals surface area contributed by atoms with Crippen molar-refractivity contribution >= 4 is 11.6 Å². The normalized spacial score (nSPS) is 23.4. The minimum absolute atomic E-state index is 0.514. The third kappa shape index (κ3) is 3.26. The molecule has 0 bridgehead atoms. The van der Waals surface area contributed by atoms with Gasteiger partial charge in [0.15, 0.2) is 0 Å². The predicted molar refractivity (Wildman–Crippen MR) is 83.7 cm³/mol. The maximum absolute atomic E-state index is 6.14. The highest BCUT2D eigenvalue weighted by atomic mass is 35.5. The summed E-state index contributed by atoms with van der Waals surface area (Å²) in [5, 5.41) is 8.45. The maximum Gasteiger partial charge on any atom is 0.138 e. The van der Waals surface area contributed by atoms with E-state index < -0.39 is 0 Å². The lowest BCUT2D eigenvalue weighted by Crippen LogP contribution is -2.53. The van der Waals surface area contributed by atoms with Crippen molar-refractivity contribution in [2.45, 2.75) is 32.5 Å². The van der Waals surface area contributed by atoms with Gasteiger partial charge in [0.05, 0.1) is 5.69 Å². The summed E-state index contributed by atoms with van der Waals surface area (Å²) < 4.78 is 1.78. The Bertz CT molecular complexity index is 598. The van der Waals surface area contributed by atoms with Crippen molar-refractivity contribution in [3.8, 4) is 5.69 Å². The summed E-state index contributed by atoms with van der Waals surface area (Å²) in [6.45, 7) is 7.43. The summed E-state index contributed by atoms with van der Waals surface area (Å²) in [4.78, 5) is 6.52. The van der Waals surface area contributed by atoms with Gasteiger partial charge in [0.25, 0.3) is 0 Å². The lowest BCUT2D eigenvalue weighted by atomic mass is 10.1.